The fourth-order valence-electron chi connectivity index (χ4n) is 2.86. The van der Waals surface area contributed by atoms with E-state index in [1.165, 1.54) is 5.69 Å². The number of nitrogens with one attached hydrogen (secondary N) is 1. The first-order chi connectivity index (χ1) is 9.66. The summed E-state index contributed by atoms with van der Waals surface area (Å²) in [4.78, 5) is 2.38. The monoisotopic (exact) mass is 272 g/mol. The summed E-state index contributed by atoms with van der Waals surface area (Å²) >= 11 is 0. The molecule has 2 heterocycles. The number of anilines is 1. The third-order valence-electron chi connectivity index (χ3n) is 3.76. The Labute approximate surface area is 118 Å². The van der Waals surface area contributed by atoms with Crippen molar-refractivity contribution >= 4 is 5.69 Å². The molecule has 1 aliphatic rings. The van der Waals surface area contributed by atoms with Crippen molar-refractivity contribution < 1.29 is 5.11 Å². The molecule has 0 spiro atoms. The van der Waals surface area contributed by atoms with E-state index in [9.17, 15) is 5.11 Å². The van der Waals surface area contributed by atoms with E-state index in [0.29, 0.717) is 0 Å². The van der Waals surface area contributed by atoms with Crippen molar-refractivity contribution in [1.82, 2.24) is 15.1 Å². The standard InChI is InChI=1S/C15H20N4O/c1-11-15(18-8-6-16-7-9-18)12(2)19(17-11)13-4-3-5-14(20)10-13/h3-5,10,16,20H,6-9H2,1-2H3. The molecule has 0 unspecified atom stereocenters. The number of nitrogens with zero attached hydrogens (tertiary/aromatic N) is 3. The lowest BCUT2D eigenvalue weighted by Crippen LogP contribution is -2.43. The van der Waals surface area contributed by atoms with Gasteiger partial charge >= 0.3 is 0 Å². The highest BCUT2D eigenvalue weighted by Crippen LogP contribution is 2.27. The SMILES string of the molecule is Cc1nn(-c2cccc(O)c2)c(C)c1N1CCNCC1. The highest BCUT2D eigenvalue weighted by molar-refractivity contribution is 5.57. The Morgan fingerprint density at radius 3 is 2.65 bits per heavy atom. The van der Waals surface area contributed by atoms with Crippen LogP contribution in [0.1, 0.15) is 11.4 Å². The van der Waals surface area contributed by atoms with Crippen LogP contribution < -0.4 is 10.2 Å². The van der Waals surface area contributed by atoms with Crippen molar-refractivity contribution in [1.29, 1.82) is 0 Å². The highest BCUT2D eigenvalue weighted by Gasteiger charge is 2.20. The van der Waals surface area contributed by atoms with E-state index in [1.54, 1.807) is 12.1 Å². The maximum atomic E-state index is 9.63. The lowest BCUT2D eigenvalue weighted by atomic mass is 10.2. The predicted molar refractivity (Wildman–Crippen MR) is 79.8 cm³/mol. The van der Waals surface area contributed by atoms with E-state index >= 15 is 0 Å². The van der Waals surface area contributed by atoms with Crippen molar-refractivity contribution in [3.05, 3.63) is 35.7 Å². The topological polar surface area (TPSA) is 53.3 Å². The Bertz CT molecular complexity index is 614. The molecule has 2 N–H and O–H groups in total. The molecule has 0 bridgehead atoms. The highest BCUT2D eigenvalue weighted by atomic mass is 16.3. The van der Waals surface area contributed by atoms with Gasteiger partial charge in [0.15, 0.2) is 0 Å². The van der Waals surface area contributed by atoms with Crippen LogP contribution in [0.2, 0.25) is 0 Å². The van der Waals surface area contributed by atoms with Crippen LogP contribution in [0, 0.1) is 13.8 Å². The lowest BCUT2D eigenvalue weighted by Gasteiger charge is -2.29. The average Bonchev–Trinajstić information content (AvgIpc) is 2.75. The zero-order chi connectivity index (χ0) is 14.1. The molecule has 0 radical (unpaired) electrons. The van der Waals surface area contributed by atoms with Crippen LogP contribution in [0.3, 0.4) is 0 Å². The molecule has 0 saturated carbocycles. The Hall–Kier alpha value is -2.01. The van der Waals surface area contributed by atoms with Gasteiger partial charge in [0.05, 0.1) is 22.8 Å². The van der Waals surface area contributed by atoms with Gasteiger partial charge < -0.3 is 15.3 Å². The van der Waals surface area contributed by atoms with Crippen LogP contribution in [0.25, 0.3) is 5.69 Å². The number of aromatic hydroxyl groups is 1. The minimum absolute atomic E-state index is 0.263. The van der Waals surface area contributed by atoms with E-state index in [4.69, 9.17) is 0 Å². The van der Waals surface area contributed by atoms with Crippen LogP contribution in [0.15, 0.2) is 24.3 Å². The largest absolute Gasteiger partial charge is 0.508 e. The van der Waals surface area contributed by atoms with Crippen molar-refractivity contribution in [2.24, 2.45) is 0 Å². The molecule has 0 atom stereocenters. The van der Waals surface area contributed by atoms with Crippen molar-refractivity contribution in [3.63, 3.8) is 0 Å². The van der Waals surface area contributed by atoms with Gasteiger partial charge in [-0.1, -0.05) is 6.07 Å². The van der Waals surface area contributed by atoms with Gasteiger partial charge in [0, 0.05) is 32.2 Å². The molecule has 20 heavy (non-hydrogen) atoms. The number of benzene rings is 1. The molecule has 0 amide bonds. The summed E-state index contributed by atoms with van der Waals surface area (Å²) in [6, 6.07) is 7.21. The molecule has 2 aromatic rings. The first kappa shape index (κ1) is 13.0. The van der Waals surface area contributed by atoms with Gasteiger partial charge in [0.25, 0.3) is 0 Å². The fraction of sp³-hybridized carbons (Fsp3) is 0.400. The van der Waals surface area contributed by atoms with E-state index in [-0.39, 0.29) is 5.75 Å². The third kappa shape index (κ3) is 2.25. The summed E-state index contributed by atoms with van der Waals surface area (Å²) in [5.74, 6) is 0.263. The van der Waals surface area contributed by atoms with Crippen LogP contribution in [-0.2, 0) is 0 Å². The van der Waals surface area contributed by atoms with Crippen LogP contribution in [0.4, 0.5) is 5.69 Å². The van der Waals surface area contributed by atoms with Gasteiger partial charge in [-0.05, 0) is 26.0 Å². The Morgan fingerprint density at radius 2 is 1.95 bits per heavy atom. The Morgan fingerprint density at radius 1 is 1.20 bits per heavy atom. The van der Waals surface area contributed by atoms with E-state index in [0.717, 1.165) is 43.3 Å². The van der Waals surface area contributed by atoms with Crippen LogP contribution >= 0.6 is 0 Å². The summed E-state index contributed by atoms with van der Waals surface area (Å²) in [6.07, 6.45) is 0. The second-order valence-corrected chi connectivity index (χ2v) is 5.19. The summed E-state index contributed by atoms with van der Waals surface area (Å²) in [5.41, 5.74) is 4.27. The zero-order valence-corrected chi connectivity index (χ0v) is 11.9. The van der Waals surface area contributed by atoms with Gasteiger partial charge in [-0.3, -0.25) is 0 Å². The fourth-order valence-corrected chi connectivity index (χ4v) is 2.86. The molecule has 1 fully saturated rings. The molecule has 1 aromatic heterocycles. The smallest absolute Gasteiger partial charge is 0.117 e. The number of hydrogen-bond acceptors (Lipinski definition) is 4. The van der Waals surface area contributed by atoms with Gasteiger partial charge in [0.2, 0.25) is 0 Å². The van der Waals surface area contributed by atoms with E-state index < -0.39 is 0 Å². The van der Waals surface area contributed by atoms with E-state index in [2.05, 4.69) is 22.2 Å². The summed E-state index contributed by atoms with van der Waals surface area (Å²) in [6.45, 7) is 8.16. The zero-order valence-electron chi connectivity index (χ0n) is 11.9. The molecular weight excluding hydrogens is 252 g/mol. The number of hydrogen-bond donors (Lipinski definition) is 2. The van der Waals surface area contributed by atoms with Gasteiger partial charge in [-0.25, -0.2) is 4.68 Å². The third-order valence-corrected chi connectivity index (χ3v) is 3.76. The average molecular weight is 272 g/mol. The normalized spacial score (nSPS) is 15.6. The Kier molecular flexibility index (Phi) is 3.36. The predicted octanol–water partition coefficient (Wildman–Crippen LogP) is 1.60. The van der Waals surface area contributed by atoms with Crippen LogP contribution in [-0.4, -0.2) is 41.1 Å². The number of rotatable bonds is 2. The molecule has 1 saturated heterocycles. The maximum Gasteiger partial charge on any atom is 0.117 e. The molecule has 1 aromatic carbocycles. The lowest BCUT2D eigenvalue weighted by molar-refractivity contribution is 0.474. The molecule has 5 nitrogen and oxygen atoms in total. The molecule has 106 valence electrons. The van der Waals surface area contributed by atoms with Crippen LogP contribution in [0.5, 0.6) is 5.75 Å². The first-order valence-corrected chi connectivity index (χ1v) is 6.98. The number of aryl methyl sites for hydroxylation is 1. The van der Waals surface area contributed by atoms with Gasteiger partial charge in [-0.2, -0.15) is 5.10 Å². The minimum Gasteiger partial charge on any atom is -0.508 e. The summed E-state index contributed by atoms with van der Waals surface area (Å²) in [7, 11) is 0. The van der Waals surface area contributed by atoms with E-state index in [1.807, 2.05) is 23.7 Å². The minimum atomic E-state index is 0.263. The molecule has 1 aliphatic heterocycles. The quantitative estimate of drug-likeness (QED) is 0.872. The van der Waals surface area contributed by atoms with Gasteiger partial charge in [0.1, 0.15) is 5.75 Å². The molecule has 5 heteroatoms. The molecule has 3 rings (SSSR count). The summed E-state index contributed by atoms with van der Waals surface area (Å²) < 4.78 is 1.91. The first-order valence-electron chi connectivity index (χ1n) is 6.98. The molecule has 0 aliphatic carbocycles. The second-order valence-electron chi connectivity index (χ2n) is 5.19. The number of piperazine rings is 1. The number of phenols is 1. The van der Waals surface area contributed by atoms with Crippen molar-refractivity contribution in [2.45, 2.75) is 13.8 Å². The summed E-state index contributed by atoms with van der Waals surface area (Å²) in [5, 5.41) is 17.6. The number of phenolic OH excluding ortho intramolecular Hbond substituents is 1. The number of aromatic nitrogens is 2. The van der Waals surface area contributed by atoms with Crippen molar-refractivity contribution in [2.75, 3.05) is 31.1 Å². The van der Waals surface area contributed by atoms with Gasteiger partial charge in [-0.15, -0.1) is 0 Å². The second kappa shape index (κ2) is 5.17. The molecular formula is C15H20N4O. The maximum absolute atomic E-state index is 9.63. The van der Waals surface area contributed by atoms with Crippen molar-refractivity contribution in [3.8, 4) is 11.4 Å². The Balaban J connectivity index is 2.02.